The number of carbonyl (C=O) groups is 1. The molecule has 138 valence electrons. The van der Waals surface area contributed by atoms with E-state index in [1.165, 1.54) is 0 Å². The summed E-state index contributed by atoms with van der Waals surface area (Å²) in [7, 11) is 0. The molecule has 1 heterocycles. The molecule has 0 aliphatic carbocycles. The second-order valence-electron chi connectivity index (χ2n) is 6.23. The van der Waals surface area contributed by atoms with Crippen molar-refractivity contribution in [2.24, 2.45) is 0 Å². The van der Waals surface area contributed by atoms with Crippen molar-refractivity contribution < 1.29 is 9.53 Å². The van der Waals surface area contributed by atoms with Crippen molar-refractivity contribution in [3.63, 3.8) is 0 Å². The van der Waals surface area contributed by atoms with Crippen molar-refractivity contribution >= 4 is 27.5 Å². The van der Waals surface area contributed by atoms with Crippen LogP contribution < -0.4 is 10.1 Å². The number of rotatable bonds is 6. The quantitative estimate of drug-likeness (QED) is 0.516. The zero-order valence-electron chi connectivity index (χ0n) is 15.3. The molecule has 0 spiro atoms. The van der Waals surface area contributed by atoms with Crippen LogP contribution in [0.5, 0.6) is 11.5 Å². The largest absolute Gasteiger partial charge is 0.457 e. The molecule has 0 atom stereocenters. The van der Waals surface area contributed by atoms with Gasteiger partial charge in [-0.15, -0.1) is 0 Å². The molecule has 4 nitrogen and oxygen atoms in total. The Balaban J connectivity index is 1.73. The summed E-state index contributed by atoms with van der Waals surface area (Å²) < 4.78 is 6.80. The molecule has 1 amide bonds. The Morgan fingerprint density at radius 2 is 1.81 bits per heavy atom. The minimum Gasteiger partial charge on any atom is -0.457 e. The smallest absolute Gasteiger partial charge is 0.257 e. The van der Waals surface area contributed by atoms with Gasteiger partial charge in [0.1, 0.15) is 11.5 Å². The van der Waals surface area contributed by atoms with Crippen LogP contribution in [0.1, 0.15) is 35.1 Å². The highest BCUT2D eigenvalue weighted by molar-refractivity contribution is 9.10. The molecule has 0 saturated heterocycles. The average molecular weight is 425 g/mol. The van der Waals surface area contributed by atoms with E-state index in [2.05, 4.69) is 33.2 Å². The molecule has 3 aromatic rings. The first-order chi connectivity index (χ1) is 13.0. The number of nitrogens with one attached hydrogen (secondary N) is 1. The fourth-order valence-corrected chi connectivity index (χ4v) is 3.13. The van der Waals surface area contributed by atoms with Gasteiger partial charge in [-0.2, -0.15) is 0 Å². The second-order valence-corrected chi connectivity index (χ2v) is 7.14. The number of aryl methyl sites for hydroxylation is 2. The minimum atomic E-state index is -0.178. The molecule has 0 saturated carbocycles. The highest BCUT2D eigenvalue weighted by atomic mass is 79.9. The van der Waals surface area contributed by atoms with Crippen molar-refractivity contribution in [2.45, 2.75) is 26.7 Å². The maximum atomic E-state index is 12.6. The summed E-state index contributed by atoms with van der Waals surface area (Å²) in [5, 5.41) is 2.92. The number of anilines is 1. The summed E-state index contributed by atoms with van der Waals surface area (Å²) in [5.41, 5.74) is 2.99. The molecule has 5 heteroatoms. The Bertz CT molecular complexity index is 957. The van der Waals surface area contributed by atoms with Crippen LogP contribution >= 0.6 is 15.9 Å². The first-order valence-corrected chi connectivity index (χ1v) is 9.66. The van der Waals surface area contributed by atoms with Gasteiger partial charge in [-0.25, -0.2) is 0 Å². The molecule has 27 heavy (non-hydrogen) atoms. The van der Waals surface area contributed by atoms with Crippen LogP contribution in [-0.4, -0.2) is 10.9 Å². The van der Waals surface area contributed by atoms with Gasteiger partial charge in [-0.3, -0.25) is 9.78 Å². The summed E-state index contributed by atoms with van der Waals surface area (Å²) in [6.45, 7) is 3.97. The van der Waals surface area contributed by atoms with E-state index >= 15 is 0 Å². The summed E-state index contributed by atoms with van der Waals surface area (Å²) in [5.74, 6) is 1.20. The lowest BCUT2D eigenvalue weighted by Gasteiger charge is -2.11. The van der Waals surface area contributed by atoms with E-state index in [0.29, 0.717) is 17.0 Å². The number of pyridine rings is 1. The number of hydrogen-bond acceptors (Lipinski definition) is 3. The highest BCUT2D eigenvalue weighted by Gasteiger charge is 2.11. The maximum absolute atomic E-state index is 12.6. The number of hydrogen-bond donors (Lipinski definition) is 1. The van der Waals surface area contributed by atoms with Gasteiger partial charge in [0.2, 0.25) is 0 Å². The van der Waals surface area contributed by atoms with Crippen molar-refractivity contribution in [3.8, 4) is 11.5 Å². The van der Waals surface area contributed by atoms with E-state index in [4.69, 9.17) is 4.74 Å². The van der Waals surface area contributed by atoms with Crippen molar-refractivity contribution in [1.82, 2.24) is 4.98 Å². The minimum absolute atomic E-state index is 0.178. The maximum Gasteiger partial charge on any atom is 0.257 e. The Labute approximate surface area is 167 Å². The number of benzene rings is 2. The fraction of sp³-hybridized carbons (Fsp3) is 0.182. The van der Waals surface area contributed by atoms with Crippen LogP contribution in [0.15, 0.2) is 65.1 Å². The van der Waals surface area contributed by atoms with Crippen LogP contribution in [-0.2, 0) is 6.42 Å². The Morgan fingerprint density at radius 3 is 2.52 bits per heavy atom. The van der Waals surface area contributed by atoms with Gasteiger partial charge in [-0.05, 0) is 55.8 Å². The summed E-state index contributed by atoms with van der Waals surface area (Å²) >= 11 is 3.43. The normalized spacial score (nSPS) is 10.5. The van der Waals surface area contributed by atoms with Crippen LogP contribution in [0.2, 0.25) is 0 Å². The number of aromatic nitrogens is 1. The van der Waals surface area contributed by atoms with Gasteiger partial charge in [0.25, 0.3) is 5.91 Å². The van der Waals surface area contributed by atoms with E-state index in [1.54, 1.807) is 6.07 Å². The molecule has 0 aliphatic rings. The molecule has 2 aromatic carbocycles. The third kappa shape index (κ3) is 5.17. The Morgan fingerprint density at radius 1 is 1.07 bits per heavy atom. The molecule has 0 bridgehead atoms. The van der Waals surface area contributed by atoms with Gasteiger partial charge >= 0.3 is 0 Å². The summed E-state index contributed by atoms with van der Waals surface area (Å²) in [4.78, 5) is 17.1. The molecular weight excluding hydrogens is 404 g/mol. The van der Waals surface area contributed by atoms with Crippen LogP contribution in [0.25, 0.3) is 0 Å². The van der Waals surface area contributed by atoms with E-state index in [-0.39, 0.29) is 5.91 Å². The van der Waals surface area contributed by atoms with Crippen molar-refractivity contribution in [3.05, 3.63) is 82.1 Å². The van der Waals surface area contributed by atoms with E-state index in [9.17, 15) is 4.79 Å². The predicted molar refractivity (Wildman–Crippen MR) is 112 cm³/mol. The van der Waals surface area contributed by atoms with Crippen LogP contribution in [0.3, 0.4) is 0 Å². The average Bonchev–Trinajstić information content (AvgIpc) is 2.62. The van der Waals surface area contributed by atoms with Gasteiger partial charge in [0, 0.05) is 21.9 Å². The van der Waals surface area contributed by atoms with Crippen LogP contribution in [0, 0.1) is 6.92 Å². The Kier molecular flexibility index (Phi) is 6.24. The van der Waals surface area contributed by atoms with E-state index in [0.717, 1.165) is 34.5 Å². The standard InChI is InChI=1S/C22H21BrN2O2/c1-3-6-17-11-12-21(15(2)24-17)22(26)25-18-8-5-10-20(14-18)27-19-9-4-7-16(23)13-19/h4-5,7-14H,3,6H2,1-2H3,(H,25,26). The lowest BCUT2D eigenvalue weighted by molar-refractivity contribution is 0.102. The first kappa shape index (κ1) is 19.1. The lowest BCUT2D eigenvalue weighted by atomic mass is 10.1. The summed E-state index contributed by atoms with van der Waals surface area (Å²) in [6, 6.07) is 18.7. The predicted octanol–water partition coefficient (Wildman–Crippen LogP) is 6.15. The zero-order chi connectivity index (χ0) is 19.2. The van der Waals surface area contributed by atoms with E-state index in [1.807, 2.05) is 61.5 Å². The molecule has 1 aromatic heterocycles. The molecule has 3 rings (SSSR count). The van der Waals surface area contributed by atoms with E-state index < -0.39 is 0 Å². The molecule has 1 N–H and O–H groups in total. The molecule has 0 fully saturated rings. The lowest BCUT2D eigenvalue weighted by Crippen LogP contribution is -2.14. The van der Waals surface area contributed by atoms with Gasteiger partial charge in [0.15, 0.2) is 0 Å². The number of carbonyl (C=O) groups excluding carboxylic acids is 1. The third-order valence-electron chi connectivity index (χ3n) is 4.02. The van der Waals surface area contributed by atoms with Gasteiger partial charge in [0.05, 0.1) is 11.3 Å². The number of amides is 1. The fourth-order valence-electron chi connectivity index (χ4n) is 2.75. The molecule has 0 radical (unpaired) electrons. The van der Waals surface area contributed by atoms with Crippen LogP contribution in [0.4, 0.5) is 5.69 Å². The SMILES string of the molecule is CCCc1ccc(C(=O)Nc2cccc(Oc3cccc(Br)c3)c2)c(C)n1. The van der Waals surface area contributed by atoms with Gasteiger partial charge < -0.3 is 10.1 Å². The second kappa shape index (κ2) is 8.82. The summed E-state index contributed by atoms with van der Waals surface area (Å²) in [6.07, 6.45) is 1.94. The third-order valence-corrected chi connectivity index (χ3v) is 4.51. The monoisotopic (exact) mass is 424 g/mol. The van der Waals surface area contributed by atoms with Crippen molar-refractivity contribution in [2.75, 3.05) is 5.32 Å². The highest BCUT2D eigenvalue weighted by Crippen LogP contribution is 2.26. The number of ether oxygens (including phenoxy) is 1. The number of halogens is 1. The topological polar surface area (TPSA) is 51.2 Å². The van der Waals surface area contributed by atoms with Gasteiger partial charge in [-0.1, -0.05) is 41.4 Å². The van der Waals surface area contributed by atoms with Crippen molar-refractivity contribution in [1.29, 1.82) is 0 Å². The molecule has 0 aliphatic heterocycles. The molecular formula is C22H21BrN2O2. The zero-order valence-corrected chi connectivity index (χ0v) is 16.9. The Hall–Kier alpha value is -2.66. The number of nitrogens with zero attached hydrogens (tertiary/aromatic N) is 1. The molecule has 0 unspecified atom stereocenters. The first-order valence-electron chi connectivity index (χ1n) is 8.86.